The molecule has 0 amide bonds. The monoisotopic (exact) mass is 351 g/mol. The molecule has 24 heavy (non-hydrogen) atoms. The molecule has 0 bridgehead atoms. The predicted octanol–water partition coefficient (Wildman–Crippen LogP) is 4.26. The summed E-state index contributed by atoms with van der Waals surface area (Å²) in [6, 6.07) is 6.37. The normalized spacial score (nSPS) is 20.9. The van der Waals surface area contributed by atoms with Gasteiger partial charge in [-0.05, 0) is 68.8 Å². The Kier molecular flexibility index (Phi) is 4.92. The van der Waals surface area contributed by atoms with E-state index >= 15 is 0 Å². The van der Waals surface area contributed by atoms with Crippen LogP contribution < -0.4 is 0 Å². The van der Waals surface area contributed by atoms with E-state index in [0.29, 0.717) is 29.6 Å². The number of benzene rings is 1. The van der Waals surface area contributed by atoms with E-state index < -0.39 is 0 Å². The number of hydrogen-bond donors (Lipinski definition) is 0. The van der Waals surface area contributed by atoms with Crippen molar-refractivity contribution >= 4 is 11.6 Å². The lowest BCUT2D eigenvalue weighted by Crippen LogP contribution is -2.39. The molecule has 1 aromatic carbocycles. The highest BCUT2D eigenvalue weighted by molar-refractivity contribution is 6.28. The lowest BCUT2D eigenvalue weighted by atomic mass is 9.82. The molecule has 3 rings (SSSR count). The Morgan fingerprint density at radius 2 is 1.92 bits per heavy atom. The lowest BCUT2D eigenvalue weighted by Gasteiger charge is -2.39. The van der Waals surface area contributed by atoms with E-state index in [4.69, 9.17) is 16.3 Å². The van der Waals surface area contributed by atoms with Crippen molar-refractivity contribution in [2.45, 2.75) is 58.3 Å². The minimum absolute atomic E-state index is 0.0944. The fraction of sp³-hybridized carbons (Fsp3) is 0.556. The molecule has 130 valence electrons. The number of aromatic nitrogens is 3. The third-order valence-corrected chi connectivity index (χ3v) is 4.37. The zero-order chi connectivity index (χ0) is 17.3. The van der Waals surface area contributed by atoms with E-state index in [1.165, 1.54) is 12.1 Å². The first-order valence-electron chi connectivity index (χ1n) is 8.30. The van der Waals surface area contributed by atoms with Gasteiger partial charge in [-0.1, -0.05) is 12.1 Å². The maximum atomic E-state index is 13.0. The van der Waals surface area contributed by atoms with Crippen LogP contribution in [0.5, 0.6) is 0 Å². The predicted molar refractivity (Wildman–Crippen MR) is 91.6 cm³/mol. The first-order valence-corrected chi connectivity index (χ1v) is 8.68. The molecule has 2 aromatic rings. The zero-order valence-electron chi connectivity index (χ0n) is 14.3. The quantitative estimate of drug-likeness (QED) is 0.808. The Balaban J connectivity index is 1.54. The van der Waals surface area contributed by atoms with Crippen molar-refractivity contribution in [1.29, 1.82) is 0 Å². The van der Waals surface area contributed by atoms with Crippen LogP contribution in [0.1, 0.15) is 45.0 Å². The van der Waals surface area contributed by atoms with Crippen molar-refractivity contribution in [2.75, 3.05) is 0 Å². The van der Waals surface area contributed by atoms with E-state index in [2.05, 4.69) is 30.9 Å². The maximum absolute atomic E-state index is 13.0. The summed E-state index contributed by atoms with van der Waals surface area (Å²) < 4.78 is 20.7. The molecule has 0 aliphatic heterocycles. The second kappa shape index (κ2) is 6.81. The Morgan fingerprint density at radius 1 is 1.25 bits per heavy atom. The van der Waals surface area contributed by atoms with Gasteiger partial charge in [0.05, 0.1) is 11.7 Å². The minimum atomic E-state index is -0.243. The molecule has 0 N–H and O–H groups in total. The van der Waals surface area contributed by atoms with Crippen LogP contribution in [0.4, 0.5) is 4.39 Å². The lowest BCUT2D eigenvalue weighted by molar-refractivity contribution is -0.114. The molecule has 1 heterocycles. The van der Waals surface area contributed by atoms with Crippen molar-refractivity contribution in [3.8, 4) is 0 Å². The molecular formula is C18H23ClFN3O. The van der Waals surface area contributed by atoms with Crippen LogP contribution in [0.3, 0.4) is 0 Å². The molecule has 0 unspecified atom stereocenters. The molecule has 1 aliphatic carbocycles. The van der Waals surface area contributed by atoms with Gasteiger partial charge < -0.3 is 4.74 Å². The van der Waals surface area contributed by atoms with Gasteiger partial charge in [0, 0.05) is 13.0 Å². The molecule has 1 aromatic heterocycles. The minimum Gasteiger partial charge on any atom is -0.373 e. The van der Waals surface area contributed by atoms with Crippen molar-refractivity contribution in [3.63, 3.8) is 0 Å². The highest BCUT2D eigenvalue weighted by Gasteiger charge is 2.33. The largest absolute Gasteiger partial charge is 0.373 e. The summed E-state index contributed by atoms with van der Waals surface area (Å²) in [5.41, 5.74) is 0.871. The van der Waals surface area contributed by atoms with Gasteiger partial charge in [0.1, 0.15) is 5.82 Å². The molecule has 0 radical (unpaired) electrons. The SMILES string of the molecule is CC(C)(C)OC1CC(Cn2nc(Cc3ccc(F)cc3)nc2Cl)C1. The summed E-state index contributed by atoms with van der Waals surface area (Å²) in [6.45, 7) is 7.00. The maximum Gasteiger partial charge on any atom is 0.221 e. The standard InChI is InChI=1S/C18H23ClFN3O/c1-18(2,3)24-15-8-13(9-15)11-23-17(19)21-16(22-23)10-12-4-6-14(20)7-5-12/h4-7,13,15H,8-11H2,1-3H3. The van der Waals surface area contributed by atoms with Crippen LogP contribution >= 0.6 is 11.6 Å². The second-order valence-corrected chi connectivity index (χ2v) is 7.81. The van der Waals surface area contributed by atoms with Crippen LogP contribution in [-0.4, -0.2) is 26.5 Å². The van der Waals surface area contributed by atoms with Gasteiger partial charge in [-0.3, -0.25) is 0 Å². The summed E-state index contributed by atoms with van der Waals surface area (Å²) in [6.07, 6.45) is 2.94. The number of rotatable bonds is 5. The van der Waals surface area contributed by atoms with Gasteiger partial charge in [0.15, 0.2) is 5.82 Å². The van der Waals surface area contributed by atoms with E-state index in [0.717, 1.165) is 24.9 Å². The van der Waals surface area contributed by atoms with Gasteiger partial charge in [-0.2, -0.15) is 5.10 Å². The molecule has 0 atom stereocenters. The first-order chi connectivity index (χ1) is 11.3. The molecular weight excluding hydrogens is 329 g/mol. The summed E-state index contributed by atoms with van der Waals surface area (Å²) in [5.74, 6) is 0.941. The van der Waals surface area contributed by atoms with Crippen LogP contribution in [0.15, 0.2) is 24.3 Å². The van der Waals surface area contributed by atoms with Crippen molar-refractivity contribution < 1.29 is 9.13 Å². The van der Waals surface area contributed by atoms with Crippen LogP contribution in [0, 0.1) is 11.7 Å². The first kappa shape index (κ1) is 17.4. The fourth-order valence-electron chi connectivity index (χ4n) is 3.01. The number of hydrogen-bond acceptors (Lipinski definition) is 3. The van der Waals surface area contributed by atoms with Crippen molar-refractivity contribution in [1.82, 2.24) is 14.8 Å². The highest BCUT2D eigenvalue weighted by atomic mass is 35.5. The summed E-state index contributed by atoms with van der Waals surface area (Å²) >= 11 is 6.20. The Bertz CT molecular complexity index is 687. The van der Waals surface area contributed by atoms with Crippen LogP contribution in [0.2, 0.25) is 5.28 Å². The third kappa shape index (κ3) is 4.54. The van der Waals surface area contributed by atoms with Gasteiger partial charge in [0.25, 0.3) is 0 Å². The molecule has 6 heteroatoms. The third-order valence-electron chi connectivity index (χ3n) is 4.09. The van der Waals surface area contributed by atoms with E-state index in [9.17, 15) is 4.39 Å². The molecule has 1 aliphatic rings. The van der Waals surface area contributed by atoms with Crippen molar-refractivity contribution in [2.24, 2.45) is 5.92 Å². The second-order valence-electron chi connectivity index (χ2n) is 7.47. The summed E-state index contributed by atoms with van der Waals surface area (Å²) in [5, 5.41) is 4.90. The highest BCUT2D eigenvalue weighted by Crippen LogP contribution is 2.34. The molecule has 0 spiro atoms. The van der Waals surface area contributed by atoms with Gasteiger partial charge in [-0.15, -0.1) is 0 Å². The van der Waals surface area contributed by atoms with Gasteiger partial charge >= 0.3 is 0 Å². The van der Waals surface area contributed by atoms with E-state index in [-0.39, 0.29) is 11.4 Å². The average Bonchev–Trinajstić information content (AvgIpc) is 2.78. The molecule has 1 saturated carbocycles. The molecule has 1 fully saturated rings. The van der Waals surface area contributed by atoms with E-state index in [1.54, 1.807) is 16.8 Å². The Labute approximate surface area is 147 Å². The molecule has 0 saturated heterocycles. The van der Waals surface area contributed by atoms with Gasteiger partial charge in [-0.25, -0.2) is 14.1 Å². The Hall–Kier alpha value is -1.46. The van der Waals surface area contributed by atoms with Crippen molar-refractivity contribution in [3.05, 3.63) is 46.8 Å². The zero-order valence-corrected chi connectivity index (χ0v) is 15.1. The number of halogens is 2. The number of ether oxygens (including phenoxy) is 1. The Morgan fingerprint density at radius 3 is 2.54 bits per heavy atom. The summed E-state index contributed by atoms with van der Waals surface area (Å²) in [7, 11) is 0. The van der Waals surface area contributed by atoms with Crippen LogP contribution in [-0.2, 0) is 17.7 Å². The number of nitrogens with zero attached hydrogens (tertiary/aromatic N) is 3. The van der Waals surface area contributed by atoms with Crippen LogP contribution in [0.25, 0.3) is 0 Å². The molecule has 4 nitrogen and oxygen atoms in total. The summed E-state index contributed by atoms with van der Waals surface area (Å²) in [4.78, 5) is 4.31. The van der Waals surface area contributed by atoms with Gasteiger partial charge in [0.2, 0.25) is 5.28 Å². The average molecular weight is 352 g/mol. The topological polar surface area (TPSA) is 39.9 Å². The van der Waals surface area contributed by atoms with E-state index in [1.807, 2.05) is 0 Å². The fourth-order valence-corrected chi connectivity index (χ4v) is 3.21. The smallest absolute Gasteiger partial charge is 0.221 e.